The van der Waals surface area contributed by atoms with Gasteiger partial charge < -0.3 is 29.2 Å². The largest absolute Gasteiger partial charge is 0.497 e. The first-order valence-corrected chi connectivity index (χ1v) is 14.4. The number of para-hydroxylation sites is 1. The fraction of sp³-hybridized carbons (Fsp3) is 0.200. The minimum Gasteiger partial charge on any atom is -0.497 e. The van der Waals surface area contributed by atoms with E-state index in [-0.39, 0.29) is 17.8 Å². The summed E-state index contributed by atoms with van der Waals surface area (Å²) in [5.41, 5.74) is 1.60. The predicted octanol–water partition coefficient (Wildman–Crippen LogP) is 4.80. The van der Waals surface area contributed by atoms with Crippen LogP contribution >= 0.6 is 0 Å². The van der Waals surface area contributed by atoms with Crippen LogP contribution in [0.1, 0.15) is 27.5 Å². The Balaban J connectivity index is 1.61. The highest BCUT2D eigenvalue weighted by molar-refractivity contribution is 6.52. The van der Waals surface area contributed by atoms with Crippen molar-refractivity contribution in [2.45, 2.75) is 12.6 Å². The monoisotopic (exact) mass is 641 g/mol. The summed E-state index contributed by atoms with van der Waals surface area (Å²) in [5.74, 6) is -1.90. The maximum atomic E-state index is 14.4. The Morgan fingerprint density at radius 3 is 2.19 bits per heavy atom. The van der Waals surface area contributed by atoms with Gasteiger partial charge in [-0.25, -0.2) is 4.39 Å². The van der Waals surface area contributed by atoms with E-state index in [4.69, 9.17) is 18.9 Å². The van der Waals surface area contributed by atoms with Gasteiger partial charge in [-0.2, -0.15) is 0 Å². The Morgan fingerprint density at radius 1 is 0.809 bits per heavy atom. The van der Waals surface area contributed by atoms with Crippen molar-refractivity contribution in [2.24, 2.45) is 0 Å². The van der Waals surface area contributed by atoms with Crippen LogP contribution in [-0.4, -0.2) is 63.4 Å². The van der Waals surface area contributed by atoms with Crippen LogP contribution in [-0.2, 0) is 20.9 Å². The Bertz CT molecular complexity index is 1830. The zero-order valence-electron chi connectivity index (χ0n) is 26.1. The van der Waals surface area contributed by atoms with E-state index in [1.165, 1.54) is 63.7 Å². The number of hydrogen-bond donors (Lipinski definition) is 1. The molecule has 1 N–H and O–H groups in total. The molecule has 1 aliphatic heterocycles. The van der Waals surface area contributed by atoms with Crippen LogP contribution in [0.3, 0.4) is 0 Å². The number of Topliss-reactive ketones (excluding diaryl/α,β-unsaturated/α-hetero) is 1. The molecular formula is C35H32FN3O8. The minimum absolute atomic E-state index is 0.164. The third-order valence-electron chi connectivity index (χ3n) is 7.71. The second-order valence-corrected chi connectivity index (χ2v) is 10.5. The molecule has 3 amide bonds. The molecule has 47 heavy (non-hydrogen) atoms. The Labute approximate surface area is 270 Å². The molecule has 0 saturated heterocycles. The fourth-order valence-electron chi connectivity index (χ4n) is 5.34. The summed E-state index contributed by atoms with van der Waals surface area (Å²) >= 11 is 0. The number of rotatable bonds is 12. The summed E-state index contributed by atoms with van der Waals surface area (Å²) < 4.78 is 35.5. The quantitative estimate of drug-likeness (QED) is 0.219. The van der Waals surface area contributed by atoms with Gasteiger partial charge in [0, 0.05) is 12.6 Å². The van der Waals surface area contributed by atoms with Crippen molar-refractivity contribution >= 4 is 34.9 Å². The Morgan fingerprint density at radius 2 is 1.51 bits per heavy atom. The molecule has 0 fully saturated rings. The molecule has 0 saturated carbocycles. The van der Waals surface area contributed by atoms with Gasteiger partial charge in [0.1, 0.15) is 29.9 Å². The van der Waals surface area contributed by atoms with E-state index in [1.54, 1.807) is 54.6 Å². The topological polar surface area (TPSA) is 124 Å². The lowest BCUT2D eigenvalue weighted by molar-refractivity contribution is -0.139. The average molecular weight is 642 g/mol. The van der Waals surface area contributed by atoms with Crippen molar-refractivity contribution in [1.82, 2.24) is 4.90 Å². The maximum Gasteiger partial charge on any atom is 0.299 e. The van der Waals surface area contributed by atoms with Gasteiger partial charge in [-0.1, -0.05) is 30.3 Å². The van der Waals surface area contributed by atoms with E-state index in [0.29, 0.717) is 39.8 Å². The number of anilines is 2. The number of hydrogen-bond acceptors (Lipinski definition) is 8. The second-order valence-electron chi connectivity index (χ2n) is 10.5. The standard InChI is InChI=1S/C35H32FN3O8/c1-44-24-14-15-26(29(18-24)46-3)37-34(42)32(22-11-16-28(45-2)30(17-22)47-4)39(19-21-9-12-23(36)13-10-21)31(40)20-38-27-8-6-5-7-25(27)33(41)35(38)43/h5-18,32H,19-20H2,1-4H3,(H,37,42). The molecule has 4 aromatic carbocycles. The summed E-state index contributed by atoms with van der Waals surface area (Å²) in [7, 11) is 5.84. The molecule has 1 aliphatic rings. The molecule has 1 atom stereocenters. The number of ether oxygens (including phenoxy) is 4. The molecule has 4 aromatic rings. The van der Waals surface area contributed by atoms with Crippen molar-refractivity contribution in [3.8, 4) is 23.0 Å². The predicted molar refractivity (Wildman–Crippen MR) is 171 cm³/mol. The van der Waals surface area contributed by atoms with Crippen molar-refractivity contribution in [3.05, 3.63) is 107 Å². The number of benzene rings is 4. The maximum absolute atomic E-state index is 14.4. The summed E-state index contributed by atoms with van der Waals surface area (Å²) in [6.07, 6.45) is 0. The van der Waals surface area contributed by atoms with Crippen LogP contribution in [0.15, 0.2) is 84.9 Å². The highest BCUT2D eigenvalue weighted by atomic mass is 19.1. The van der Waals surface area contributed by atoms with Crippen LogP contribution in [0.25, 0.3) is 0 Å². The second kappa shape index (κ2) is 14.0. The molecule has 0 aromatic heterocycles. The number of methoxy groups -OCH3 is 4. The molecule has 0 radical (unpaired) electrons. The fourth-order valence-corrected chi connectivity index (χ4v) is 5.34. The molecule has 11 nitrogen and oxygen atoms in total. The van der Waals surface area contributed by atoms with E-state index in [9.17, 15) is 23.6 Å². The number of carbonyl (C=O) groups is 4. The first-order chi connectivity index (χ1) is 22.7. The Kier molecular flexibility index (Phi) is 9.69. The van der Waals surface area contributed by atoms with E-state index in [2.05, 4.69) is 5.32 Å². The SMILES string of the molecule is COc1ccc(NC(=O)C(c2ccc(OC)c(OC)c2)N(Cc2ccc(F)cc2)C(=O)CN2C(=O)C(=O)c3ccccc32)c(OC)c1. The summed E-state index contributed by atoms with van der Waals surface area (Å²) in [4.78, 5) is 56.8. The number of halogens is 1. The number of carbonyl (C=O) groups excluding carboxylic acids is 4. The zero-order valence-corrected chi connectivity index (χ0v) is 26.1. The van der Waals surface area contributed by atoms with Crippen LogP contribution in [0.2, 0.25) is 0 Å². The van der Waals surface area contributed by atoms with Gasteiger partial charge in [0.05, 0.1) is 45.4 Å². The van der Waals surface area contributed by atoms with Crippen LogP contribution in [0.5, 0.6) is 23.0 Å². The van der Waals surface area contributed by atoms with Crippen molar-refractivity contribution in [3.63, 3.8) is 0 Å². The summed E-state index contributed by atoms with van der Waals surface area (Å²) in [6, 6.07) is 20.1. The van der Waals surface area contributed by atoms with Gasteiger partial charge in [0.25, 0.3) is 17.6 Å². The van der Waals surface area contributed by atoms with Crippen molar-refractivity contribution < 1.29 is 42.5 Å². The lowest BCUT2D eigenvalue weighted by Gasteiger charge is -2.33. The molecule has 0 spiro atoms. The zero-order chi connectivity index (χ0) is 33.7. The van der Waals surface area contributed by atoms with Gasteiger partial charge in [-0.3, -0.25) is 24.1 Å². The normalized spacial score (nSPS) is 12.7. The van der Waals surface area contributed by atoms with E-state index in [0.717, 1.165) is 4.90 Å². The number of fused-ring (bicyclic) bond motifs is 1. The molecular weight excluding hydrogens is 609 g/mol. The average Bonchev–Trinajstić information content (AvgIpc) is 3.33. The lowest BCUT2D eigenvalue weighted by Crippen LogP contribution is -2.46. The first-order valence-electron chi connectivity index (χ1n) is 14.4. The smallest absolute Gasteiger partial charge is 0.299 e. The van der Waals surface area contributed by atoms with Gasteiger partial charge in [0.2, 0.25) is 5.91 Å². The van der Waals surface area contributed by atoms with Crippen molar-refractivity contribution in [1.29, 1.82) is 0 Å². The van der Waals surface area contributed by atoms with Gasteiger partial charge in [-0.05, 0) is 59.7 Å². The van der Waals surface area contributed by atoms with E-state index in [1.807, 2.05) is 0 Å². The molecule has 0 bridgehead atoms. The van der Waals surface area contributed by atoms with Gasteiger partial charge in [-0.15, -0.1) is 0 Å². The molecule has 5 rings (SSSR count). The molecule has 242 valence electrons. The lowest BCUT2D eigenvalue weighted by atomic mass is 10.0. The number of nitrogens with one attached hydrogen (secondary N) is 1. The number of nitrogens with zero attached hydrogens (tertiary/aromatic N) is 2. The van der Waals surface area contributed by atoms with Gasteiger partial charge >= 0.3 is 0 Å². The number of amides is 3. The molecule has 1 unspecified atom stereocenters. The third kappa shape index (κ3) is 6.71. The minimum atomic E-state index is -1.33. The number of ketones is 1. The molecule has 12 heteroatoms. The first kappa shape index (κ1) is 32.5. The summed E-state index contributed by atoms with van der Waals surface area (Å²) in [6.45, 7) is -0.714. The highest BCUT2D eigenvalue weighted by Gasteiger charge is 2.39. The molecule has 0 aliphatic carbocycles. The van der Waals surface area contributed by atoms with E-state index < -0.39 is 41.9 Å². The van der Waals surface area contributed by atoms with Crippen LogP contribution in [0, 0.1) is 5.82 Å². The molecule has 1 heterocycles. The third-order valence-corrected chi connectivity index (χ3v) is 7.71. The highest BCUT2D eigenvalue weighted by Crippen LogP contribution is 2.36. The van der Waals surface area contributed by atoms with E-state index >= 15 is 0 Å². The van der Waals surface area contributed by atoms with Crippen LogP contribution in [0.4, 0.5) is 15.8 Å². The van der Waals surface area contributed by atoms with Gasteiger partial charge in [0.15, 0.2) is 11.5 Å². The van der Waals surface area contributed by atoms with Crippen molar-refractivity contribution in [2.75, 3.05) is 45.2 Å². The summed E-state index contributed by atoms with van der Waals surface area (Å²) in [5, 5.41) is 2.85. The Hall–Kier alpha value is -5.91. The van der Waals surface area contributed by atoms with Crippen LogP contribution < -0.4 is 29.2 Å².